The standard InChI is InChI=1S/C17H24N2O5/c1-3-5-10-18-14(16(21)22)11-15(20)19-13-9-7-6-8-12(13)17(23)24-4-2/h6-9,14,18H,3-5,10-11H2,1-2H3,(H,19,20)(H,21,22). The van der Waals surface area contributed by atoms with Gasteiger partial charge in [0.25, 0.3) is 0 Å². The number of carbonyl (C=O) groups excluding carboxylic acids is 2. The first kappa shape index (κ1) is 19.6. The van der Waals surface area contributed by atoms with Crippen LogP contribution in [-0.4, -0.2) is 42.1 Å². The van der Waals surface area contributed by atoms with Crippen molar-refractivity contribution < 1.29 is 24.2 Å². The van der Waals surface area contributed by atoms with E-state index < -0.39 is 23.9 Å². The zero-order chi connectivity index (χ0) is 17.9. The van der Waals surface area contributed by atoms with Crippen molar-refractivity contribution in [3.8, 4) is 0 Å². The lowest BCUT2D eigenvalue weighted by Gasteiger charge is -2.15. The van der Waals surface area contributed by atoms with Gasteiger partial charge in [-0.15, -0.1) is 0 Å². The third kappa shape index (κ3) is 6.37. The molecule has 0 saturated heterocycles. The normalized spacial score (nSPS) is 11.6. The van der Waals surface area contributed by atoms with Gasteiger partial charge in [0.15, 0.2) is 0 Å². The van der Waals surface area contributed by atoms with Gasteiger partial charge in [-0.05, 0) is 32.0 Å². The minimum absolute atomic E-state index is 0.226. The van der Waals surface area contributed by atoms with Gasteiger partial charge in [-0.2, -0.15) is 0 Å². The molecule has 0 aliphatic carbocycles. The van der Waals surface area contributed by atoms with Gasteiger partial charge in [-0.1, -0.05) is 25.5 Å². The number of benzene rings is 1. The number of rotatable bonds is 10. The van der Waals surface area contributed by atoms with Gasteiger partial charge in [-0.3, -0.25) is 9.59 Å². The molecule has 0 radical (unpaired) electrons. The second-order valence-corrected chi connectivity index (χ2v) is 5.22. The van der Waals surface area contributed by atoms with E-state index in [4.69, 9.17) is 4.74 Å². The molecule has 0 spiro atoms. The van der Waals surface area contributed by atoms with Crippen LogP contribution < -0.4 is 10.6 Å². The minimum Gasteiger partial charge on any atom is -0.480 e. The van der Waals surface area contributed by atoms with E-state index in [1.54, 1.807) is 31.2 Å². The van der Waals surface area contributed by atoms with E-state index in [0.29, 0.717) is 12.2 Å². The lowest BCUT2D eigenvalue weighted by Crippen LogP contribution is -2.40. The summed E-state index contributed by atoms with van der Waals surface area (Å²) in [6, 6.07) is 5.49. The quantitative estimate of drug-likeness (QED) is 0.446. The molecule has 3 N–H and O–H groups in total. The number of unbranched alkanes of at least 4 members (excludes halogenated alkanes) is 1. The fraction of sp³-hybridized carbons (Fsp3) is 0.471. The fourth-order valence-electron chi connectivity index (χ4n) is 2.07. The molecule has 0 bridgehead atoms. The highest BCUT2D eigenvalue weighted by atomic mass is 16.5. The van der Waals surface area contributed by atoms with Crippen LogP contribution in [0.1, 0.15) is 43.5 Å². The molecule has 0 aliphatic heterocycles. The summed E-state index contributed by atoms with van der Waals surface area (Å²) in [7, 11) is 0. The van der Waals surface area contributed by atoms with E-state index in [0.717, 1.165) is 12.8 Å². The summed E-state index contributed by atoms with van der Waals surface area (Å²) >= 11 is 0. The number of carboxylic acid groups (broad SMARTS) is 1. The number of hydrogen-bond donors (Lipinski definition) is 3. The molecule has 1 amide bonds. The Morgan fingerprint density at radius 1 is 1.21 bits per heavy atom. The zero-order valence-corrected chi connectivity index (χ0v) is 14.0. The van der Waals surface area contributed by atoms with Crippen LogP contribution in [0.3, 0.4) is 0 Å². The monoisotopic (exact) mass is 336 g/mol. The van der Waals surface area contributed by atoms with Gasteiger partial charge in [-0.25, -0.2) is 4.79 Å². The number of carbonyl (C=O) groups is 3. The summed E-state index contributed by atoms with van der Waals surface area (Å²) in [6.45, 7) is 4.44. The van der Waals surface area contributed by atoms with E-state index in [2.05, 4.69) is 10.6 Å². The summed E-state index contributed by atoms with van der Waals surface area (Å²) in [5.41, 5.74) is 0.539. The van der Waals surface area contributed by atoms with Crippen molar-refractivity contribution in [3.63, 3.8) is 0 Å². The van der Waals surface area contributed by atoms with E-state index in [9.17, 15) is 19.5 Å². The Labute approximate surface area is 141 Å². The largest absolute Gasteiger partial charge is 0.480 e. The number of carboxylic acids is 1. The van der Waals surface area contributed by atoms with Crippen molar-refractivity contribution >= 4 is 23.5 Å². The molecule has 132 valence electrons. The third-order valence-corrected chi connectivity index (χ3v) is 3.31. The van der Waals surface area contributed by atoms with Crippen LogP contribution in [0, 0.1) is 0 Å². The van der Waals surface area contributed by atoms with Gasteiger partial charge in [0.05, 0.1) is 24.3 Å². The molecule has 0 aliphatic rings. The first-order valence-corrected chi connectivity index (χ1v) is 8.01. The molecule has 1 atom stereocenters. The number of anilines is 1. The molecule has 1 aromatic rings. The second-order valence-electron chi connectivity index (χ2n) is 5.22. The molecule has 0 aromatic heterocycles. The highest BCUT2D eigenvalue weighted by Gasteiger charge is 2.21. The van der Waals surface area contributed by atoms with E-state index in [1.807, 2.05) is 6.92 Å². The Balaban J connectivity index is 2.73. The summed E-state index contributed by atoms with van der Waals surface area (Å²) < 4.78 is 4.94. The van der Waals surface area contributed by atoms with Crippen molar-refractivity contribution in [2.45, 2.75) is 39.2 Å². The average molecular weight is 336 g/mol. The summed E-state index contributed by atoms with van der Waals surface area (Å²) in [4.78, 5) is 35.2. The number of ether oxygens (including phenoxy) is 1. The van der Waals surface area contributed by atoms with Crippen LogP contribution in [0.5, 0.6) is 0 Å². The molecule has 0 saturated carbocycles. The molecule has 1 rings (SSSR count). The van der Waals surface area contributed by atoms with Gasteiger partial charge in [0, 0.05) is 0 Å². The van der Waals surface area contributed by atoms with Crippen LogP contribution in [0.15, 0.2) is 24.3 Å². The van der Waals surface area contributed by atoms with Gasteiger partial charge >= 0.3 is 11.9 Å². The smallest absolute Gasteiger partial charge is 0.340 e. The Morgan fingerprint density at radius 3 is 2.54 bits per heavy atom. The molecule has 7 nitrogen and oxygen atoms in total. The highest BCUT2D eigenvalue weighted by Crippen LogP contribution is 2.16. The number of aliphatic carboxylic acids is 1. The van der Waals surface area contributed by atoms with Crippen LogP contribution in [0.4, 0.5) is 5.69 Å². The molecule has 24 heavy (non-hydrogen) atoms. The zero-order valence-electron chi connectivity index (χ0n) is 14.0. The maximum atomic E-state index is 12.1. The Morgan fingerprint density at radius 2 is 1.92 bits per heavy atom. The molecular formula is C17H24N2O5. The fourth-order valence-corrected chi connectivity index (χ4v) is 2.07. The topological polar surface area (TPSA) is 105 Å². The van der Waals surface area contributed by atoms with Crippen LogP contribution >= 0.6 is 0 Å². The van der Waals surface area contributed by atoms with Gasteiger partial charge in [0.1, 0.15) is 6.04 Å². The SMILES string of the molecule is CCCCNC(CC(=O)Nc1ccccc1C(=O)OCC)C(=O)O. The van der Waals surface area contributed by atoms with E-state index in [-0.39, 0.29) is 18.6 Å². The number of amides is 1. The highest BCUT2D eigenvalue weighted by molar-refractivity contribution is 6.02. The number of nitrogens with one attached hydrogen (secondary N) is 2. The predicted molar refractivity (Wildman–Crippen MR) is 90.0 cm³/mol. The lowest BCUT2D eigenvalue weighted by molar-refractivity contribution is -0.141. The number of hydrogen-bond acceptors (Lipinski definition) is 5. The molecule has 7 heteroatoms. The van der Waals surface area contributed by atoms with Crippen molar-refractivity contribution in [1.82, 2.24) is 5.32 Å². The lowest BCUT2D eigenvalue weighted by atomic mass is 10.1. The summed E-state index contributed by atoms with van der Waals surface area (Å²) in [5, 5.41) is 14.6. The number of para-hydroxylation sites is 1. The summed E-state index contributed by atoms with van der Waals surface area (Å²) in [6.07, 6.45) is 1.53. The Bertz CT molecular complexity index is 574. The van der Waals surface area contributed by atoms with Crippen molar-refractivity contribution in [3.05, 3.63) is 29.8 Å². The minimum atomic E-state index is -1.08. The molecular weight excluding hydrogens is 312 g/mol. The maximum absolute atomic E-state index is 12.1. The van der Waals surface area contributed by atoms with Crippen LogP contribution in [0.25, 0.3) is 0 Å². The van der Waals surface area contributed by atoms with E-state index >= 15 is 0 Å². The predicted octanol–water partition coefficient (Wildman–Crippen LogP) is 2.03. The second kappa shape index (κ2) is 10.4. The molecule has 0 heterocycles. The Hall–Kier alpha value is -2.41. The van der Waals surface area contributed by atoms with Crippen LogP contribution in [0.2, 0.25) is 0 Å². The van der Waals surface area contributed by atoms with Crippen molar-refractivity contribution in [1.29, 1.82) is 0 Å². The molecule has 0 fully saturated rings. The summed E-state index contributed by atoms with van der Waals surface area (Å²) in [5.74, 6) is -2.10. The first-order chi connectivity index (χ1) is 11.5. The van der Waals surface area contributed by atoms with E-state index in [1.165, 1.54) is 0 Å². The van der Waals surface area contributed by atoms with Crippen molar-refractivity contribution in [2.75, 3.05) is 18.5 Å². The van der Waals surface area contributed by atoms with Gasteiger partial charge < -0.3 is 20.5 Å². The maximum Gasteiger partial charge on any atom is 0.340 e. The number of esters is 1. The average Bonchev–Trinajstić information content (AvgIpc) is 2.54. The van der Waals surface area contributed by atoms with Crippen molar-refractivity contribution in [2.24, 2.45) is 0 Å². The van der Waals surface area contributed by atoms with Gasteiger partial charge in [0.2, 0.25) is 5.91 Å². The molecule has 1 unspecified atom stereocenters. The first-order valence-electron chi connectivity index (χ1n) is 8.01. The van der Waals surface area contributed by atoms with Crippen LogP contribution in [-0.2, 0) is 14.3 Å². The third-order valence-electron chi connectivity index (χ3n) is 3.31. The molecule has 1 aromatic carbocycles. The Kier molecular flexibility index (Phi) is 8.49.